The van der Waals surface area contributed by atoms with Crippen molar-refractivity contribution in [3.05, 3.63) is 83.1 Å². The average molecular weight is 404 g/mol. The summed E-state index contributed by atoms with van der Waals surface area (Å²) in [5.74, 6) is 0.582. The fourth-order valence-corrected chi connectivity index (χ4v) is 2.74. The molecule has 0 spiro atoms. The molecule has 0 aliphatic rings. The Hall–Kier alpha value is -3.05. The van der Waals surface area contributed by atoms with Gasteiger partial charge >= 0.3 is 0 Å². The van der Waals surface area contributed by atoms with Crippen molar-refractivity contribution in [2.24, 2.45) is 4.99 Å². The quantitative estimate of drug-likeness (QED) is 0.388. The number of fused-ring (bicyclic) bond motifs is 1. The number of allylic oxidation sites excluding steroid dienone is 1. The van der Waals surface area contributed by atoms with Gasteiger partial charge in [0.2, 0.25) is 5.89 Å². The number of aliphatic imine (C=N–C) groups is 1. The van der Waals surface area contributed by atoms with Crippen molar-refractivity contribution in [2.45, 2.75) is 0 Å². The molecule has 0 saturated heterocycles. The van der Waals surface area contributed by atoms with Gasteiger partial charge in [0, 0.05) is 28.6 Å². The summed E-state index contributed by atoms with van der Waals surface area (Å²) in [7, 11) is 0. The van der Waals surface area contributed by atoms with Crippen LogP contribution in [0.3, 0.4) is 0 Å². The van der Waals surface area contributed by atoms with Crippen molar-refractivity contribution in [3.63, 3.8) is 0 Å². The lowest BCUT2D eigenvalue weighted by molar-refractivity contribution is 0.619. The lowest BCUT2D eigenvalue weighted by Crippen LogP contribution is -1.76. The van der Waals surface area contributed by atoms with Crippen LogP contribution in [0.15, 0.2) is 86.9 Å². The smallest absolute Gasteiger partial charge is 0.227 e. The molecule has 5 heteroatoms. The minimum atomic E-state index is 0.582. The maximum atomic E-state index is 5.79. The lowest BCUT2D eigenvalue weighted by atomic mass is 10.2. The first kappa shape index (κ1) is 16.4. The molecule has 0 atom stereocenters. The number of nitrogens with zero attached hydrogens (tertiary/aromatic N) is 3. The summed E-state index contributed by atoms with van der Waals surface area (Å²) in [6.45, 7) is 0. The number of pyridine rings is 1. The molecule has 4 rings (SSSR count). The Kier molecular flexibility index (Phi) is 4.71. The first-order valence-electron chi connectivity index (χ1n) is 8.05. The molecule has 0 aliphatic carbocycles. The summed E-state index contributed by atoms with van der Waals surface area (Å²) in [6.07, 6.45) is 9.13. The van der Waals surface area contributed by atoms with Gasteiger partial charge in [0.1, 0.15) is 5.52 Å². The molecular weight excluding hydrogens is 390 g/mol. The monoisotopic (exact) mass is 403 g/mol. The standard InChI is InChI=1S/C21H14BrN3O/c22-17-5-3-15(4-6-17)2-1-11-24-18-7-8-20-19(14-18)25-21(26-20)16-9-12-23-13-10-16/h1-14H/b2-1+,24-11?. The number of rotatable bonds is 4. The molecule has 2 aromatic carbocycles. The van der Waals surface area contributed by atoms with Crippen LogP contribution >= 0.6 is 15.9 Å². The van der Waals surface area contributed by atoms with Crippen molar-refractivity contribution in [2.75, 3.05) is 0 Å². The minimum absolute atomic E-state index is 0.582. The normalized spacial score (nSPS) is 11.7. The molecule has 0 amide bonds. The Labute approximate surface area is 159 Å². The maximum Gasteiger partial charge on any atom is 0.227 e. The van der Waals surface area contributed by atoms with Crippen LogP contribution in [0.4, 0.5) is 5.69 Å². The SMILES string of the molecule is Brc1ccc(/C=C/C=Nc2ccc3oc(-c4ccncc4)nc3c2)cc1. The number of aromatic nitrogens is 2. The number of hydrogen-bond donors (Lipinski definition) is 0. The number of benzene rings is 2. The molecule has 0 fully saturated rings. The summed E-state index contributed by atoms with van der Waals surface area (Å²) in [5.41, 5.74) is 4.37. The summed E-state index contributed by atoms with van der Waals surface area (Å²) in [6, 6.07) is 17.5. The Morgan fingerprint density at radius 1 is 0.962 bits per heavy atom. The van der Waals surface area contributed by atoms with Crippen LogP contribution in [0.2, 0.25) is 0 Å². The largest absolute Gasteiger partial charge is 0.436 e. The zero-order chi connectivity index (χ0) is 17.8. The van der Waals surface area contributed by atoms with Gasteiger partial charge in [-0.2, -0.15) is 0 Å². The maximum absolute atomic E-state index is 5.79. The van der Waals surface area contributed by atoms with Gasteiger partial charge in [-0.3, -0.25) is 9.98 Å². The first-order valence-corrected chi connectivity index (χ1v) is 8.84. The molecule has 126 valence electrons. The van der Waals surface area contributed by atoms with E-state index in [0.29, 0.717) is 5.89 Å². The molecule has 26 heavy (non-hydrogen) atoms. The van der Waals surface area contributed by atoms with E-state index in [1.165, 1.54) is 0 Å². The third-order valence-electron chi connectivity index (χ3n) is 3.77. The Balaban J connectivity index is 1.52. The zero-order valence-corrected chi connectivity index (χ0v) is 15.3. The van der Waals surface area contributed by atoms with Gasteiger partial charge in [0.15, 0.2) is 5.58 Å². The number of halogens is 1. The van der Waals surface area contributed by atoms with Gasteiger partial charge in [-0.25, -0.2) is 4.98 Å². The van der Waals surface area contributed by atoms with Crippen molar-refractivity contribution < 1.29 is 4.42 Å². The lowest BCUT2D eigenvalue weighted by Gasteiger charge is -1.93. The highest BCUT2D eigenvalue weighted by Gasteiger charge is 2.08. The molecule has 0 aliphatic heterocycles. The van der Waals surface area contributed by atoms with Crippen molar-refractivity contribution in [1.29, 1.82) is 0 Å². The average Bonchev–Trinajstić information content (AvgIpc) is 3.11. The van der Waals surface area contributed by atoms with E-state index in [1.54, 1.807) is 18.6 Å². The van der Waals surface area contributed by atoms with Crippen LogP contribution in [0.5, 0.6) is 0 Å². The Morgan fingerprint density at radius 2 is 1.77 bits per heavy atom. The second kappa shape index (κ2) is 7.45. The van der Waals surface area contributed by atoms with E-state index in [1.807, 2.05) is 66.7 Å². The van der Waals surface area contributed by atoms with E-state index in [9.17, 15) is 0 Å². The molecule has 0 unspecified atom stereocenters. The third kappa shape index (κ3) is 3.78. The number of hydrogen-bond acceptors (Lipinski definition) is 4. The van der Waals surface area contributed by atoms with Crippen molar-refractivity contribution in [3.8, 4) is 11.5 Å². The summed E-state index contributed by atoms with van der Waals surface area (Å²) in [5, 5.41) is 0. The van der Waals surface area contributed by atoms with Crippen LogP contribution in [-0.2, 0) is 0 Å². The predicted octanol–water partition coefficient (Wildman–Crippen LogP) is 6.07. The van der Waals surface area contributed by atoms with Gasteiger partial charge in [-0.1, -0.05) is 34.1 Å². The van der Waals surface area contributed by atoms with E-state index >= 15 is 0 Å². The molecular formula is C21H14BrN3O. The molecule has 0 N–H and O–H groups in total. The van der Waals surface area contributed by atoms with E-state index < -0.39 is 0 Å². The molecule has 0 radical (unpaired) electrons. The second-order valence-corrected chi connectivity index (χ2v) is 6.51. The second-order valence-electron chi connectivity index (χ2n) is 5.60. The van der Waals surface area contributed by atoms with E-state index in [-0.39, 0.29) is 0 Å². The predicted molar refractivity (Wildman–Crippen MR) is 109 cm³/mol. The van der Waals surface area contributed by atoms with Crippen LogP contribution in [0, 0.1) is 0 Å². The zero-order valence-electron chi connectivity index (χ0n) is 13.7. The van der Waals surface area contributed by atoms with Gasteiger partial charge in [-0.05, 0) is 54.1 Å². The summed E-state index contributed by atoms with van der Waals surface area (Å²) < 4.78 is 6.86. The van der Waals surface area contributed by atoms with Gasteiger partial charge < -0.3 is 4.42 Å². The van der Waals surface area contributed by atoms with Gasteiger partial charge in [0.05, 0.1) is 5.69 Å². The Morgan fingerprint density at radius 3 is 2.58 bits per heavy atom. The van der Waals surface area contributed by atoms with Crippen LogP contribution in [0.1, 0.15) is 5.56 Å². The van der Waals surface area contributed by atoms with Crippen molar-refractivity contribution in [1.82, 2.24) is 9.97 Å². The summed E-state index contributed by atoms with van der Waals surface area (Å²) in [4.78, 5) is 13.0. The fraction of sp³-hybridized carbons (Fsp3) is 0. The molecule has 4 nitrogen and oxygen atoms in total. The minimum Gasteiger partial charge on any atom is -0.436 e. The first-order chi connectivity index (χ1) is 12.8. The summed E-state index contributed by atoms with van der Waals surface area (Å²) >= 11 is 3.43. The van der Waals surface area contributed by atoms with E-state index in [4.69, 9.17) is 4.42 Å². The Bertz CT molecular complexity index is 1080. The topological polar surface area (TPSA) is 51.3 Å². The van der Waals surface area contributed by atoms with Gasteiger partial charge in [-0.15, -0.1) is 0 Å². The fourth-order valence-electron chi connectivity index (χ4n) is 2.47. The third-order valence-corrected chi connectivity index (χ3v) is 4.30. The number of oxazole rings is 1. The molecule has 2 aromatic heterocycles. The highest BCUT2D eigenvalue weighted by atomic mass is 79.9. The van der Waals surface area contributed by atoms with Crippen LogP contribution < -0.4 is 0 Å². The van der Waals surface area contributed by atoms with E-state index in [0.717, 1.165) is 32.4 Å². The van der Waals surface area contributed by atoms with Crippen molar-refractivity contribution >= 4 is 45.0 Å². The highest BCUT2D eigenvalue weighted by molar-refractivity contribution is 9.10. The molecule has 4 aromatic rings. The molecule has 2 heterocycles. The van der Waals surface area contributed by atoms with Crippen LogP contribution in [0.25, 0.3) is 28.6 Å². The molecule has 0 bridgehead atoms. The van der Waals surface area contributed by atoms with Gasteiger partial charge in [0.25, 0.3) is 0 Å². The highest BCUT2D eigenvalue weighted by Crippen LogP contribution is 2.26. The van der Waals surface area contributed by atoms with Crippen LogP contribution in [-0.4, -0.2) is 16.2 Å². The van der Waals surface area contributed by atoms with E-state index in [2.05, 4.69) is 30.9 Å². The molecule has 0 saturated carbocycles.